The van der Waals surface area contributed by atoms with Crippen molar-refractivity contribution in [2.75, 3.05) is 13.1 Å². The summed E-state index contributed by atoms with van der Waals surface area (Å²) in [5, 5.41) is 4.80. The van der Waals surface area contributed by atoms with Gasteiger partial charge in [-0.05, 0) is 6.07 Å². The van der Waals surface area contributed by atoms with Gasteiger partial charge >= 0.3 is 0 Å². The van der Waals surface area contributed by atoms with Crippen LogP contribution in [0.25, 0.3) is 0 Å². The minimum Gasteiger partial charge on any atom is -0.352 e. The summed E-state index contributed by atoms with van der Waals surface area (Å²) in [6.45, 7) is 0.825. The van der Waals surface area contributed by atoms with E-state index in [-0.39, 0.29) is 12.5 Å². The molecule has 0 radical (unpaired) electrons. The smallest absolute Gasteiger partial charge is 0.252 e. The van der Waals surface area contributed by atoms with Crippen LogP contribution in [0.2, 0.25) is 0 Å². The fourth-order valence-corrected chi connectivity index (χ4v) is 2.15. The lowest BCUT2D eigenvalue weighted by Gasteiger charge is -2.04. The lowest BCUT2D eigenvalue weighted by Crippen LogP contribution is -2.25. The van der Waals surface area contributed by atoms with E-state index in [9.17, 15) is 4.79 Å². The molecule has 0 spiro atoms. The van der Waals surface area contributed by atoms with Crippen molar-refractivity contribution in [3.8, 4) is 11.8 Å². The number of thiazole rings is 1. The average Bonchev–Trinajstić information content (AvgIpc) is 2.98. The van der Waals surface area contributed by atoms with Crippen LogP contribution in [0.4, 0.5) is 0 Å². The van der Waals surface area contributed by atoms with Gasteiger partial charge in [-0.25, -0.2) is 4.98 Å². The van der Waals surface area contributed by atoms with Crippen LogP contribution in [0.15, 0.2) is 29.4 Å². The van der Waals surface area contributed by atoms with Crippen molar-refractivity contribution in [1.82, 2.24) is 15.3 Å². The molecule has 2 heterocycles. The number of hydrogen-bond acceptors (Lipinski definition) is 5. The van der Waals surface area contributed by atoms with Gasteiger partial charge in [0.25, 0.3) is 5.91 Å². The minimum atomic E-state index is -0.163. The maximum absolute atomic E-state index is 12.0. The van der Waals surface area contributed by atoms with Crippen molar-refractivity contribution in [1.29, 1.82) is 0 Å². The Hall–Kier alpha value is -2.23. The monoisotopic (exact) mass is 286 g/mol. The zero-order chi connectivity index (χ0) is 14.2. The Labute approximate surface area is 121 Å². The third-order valence-electron chi connectivity index (χ3n) is 2.49. The maximum Gasteiger partial charge on any atom is 0.252 e. The van der Waals surface area contributed by atoms with Crippen molar-refractivity contribution in [3.05, 3.63) is 46.2 Å². The Morgan fingerprint density at radius 3 is 3.10 bits per heavy atom. The Bertz CT molecular complexity index is 628. The SMILES string of the molecule is NCC#Cc1cncc(C(=O)NCCc2cscn2)c1. The molecular weight excluding hydrogens is 272 g/mol. The van der Waals surface area contributed by atoms with E-state index in [4.69, 9.17) is 5.73 Å². The topological polar surface area (TPSA) is 80.9 Å². The highest BCUT2D eigenvalue weighted by Crippen LogP contribution is 2.03. The first kappa shape index (κ1) is 14.2. The number of aromatic nitrogens is 2. The number of amides is 1. The molecule has 0 aliphatic heterocycles. The molecule has 3 N–H and O–H groups in total. The standard InChI is InChI=1S/C14H14N4OS/c15-4-1-2-11-6-12(8-16-7-11)14(19)17-5-3-13-9-20-10-18-13/h6-10H,3-5,15H2,(H,17,19). The molecule has 0 saturated heterocycles. The number of carbonyl (C=O) groups is 1. The van der Waals surface area contributed by atoms with Gasteiger partial charge in [-0.2, -0.15) is 0 Å². The summed E-state index contributed by atoms with van der Waals surface area (Å²) in [4.78, 5) is 20.1. The van der Waals surface area contributed by atoms with Gasteiger partial charge in [0.05, 0.1) is 23.3 Å². The lowest BCUT2D eigenvalue weighted by atomic mass is 10.2. The number of pyridine rings is 1. The maximum atomic E-state index is 12.0. The molecule has 2 rings (SSSR count). The predicted octanol–water partition coefficient (Wildman–Crippen LogP) is 0.821. The highest BCUT2D eigenvalue weighted by atomic mass is 32.1. The van der Waals surface area contributed by atoms with E-state index >= 15 is 0 Å². The van der Waals surface area contributed by atoms with E-state index < -0.39 is 0 Å². The Balaban J connectivity index is 1.91. The summed E-state index contributed by atoms with van der Waals surface area (Å²) < 4.78 is 0. The first-order valence-corrected chi connectivity index (χ1v) is 7.03. The number of rotatable bonds is 4. The van der Waals surface area contributed by atoms with Crippen molar-refractivity contribution in [2.45, 2.75) is 6.42 Å². The van der Waals surface area contributed by atoms with Gasteiger partial charge in [-0.3, -0.25) is 9.78 Å². The third kappa shape index (κ3) is 4.16. The van der Waals surface area contributed by atoms with E-state index in [1.165, 1.54) is 6.20 Å². The first-order valence-electron chi connectivity index (χ1n) is 6.09. The van der Waals surface area contributed by atoms with E-state index in [1.54, 1.807) is 29.1 Å². The van der Waals surface area contributed by atoms with E-state index in [1.807, 2.05) is 5.38 Å². The molecule has 0 atom stereocenters. The third-order valence-corrected chi connectivity index (χ3v) is 3.12. The number of nitrogens with zero attached hydrogens (tertiary/aromatic N) is 2. The van der Waals surface area contributed by atoms with E-state index in [0.29, 0.717) is 17.7 Å². The molecule has 0 aliphatic rings. The number of carbonyl (C=O) groups excluding carboxylic acids is 1. The second-order valence-corrected chi connectivity index (χ2v) is 4.67. The quantitative estimate of drug-likeness (QED) is 0.815. The van der Waals surface area contributed by atoms with Crippen LogP contribution in [0.1, 0.15) is 21.6 Å². The number of hydrogen-bond donors (Lipinski definition) is 2. The van der Waals surface area contributed by atoms with Crippen molar-refractivity contribution in [2.24, 2.45) is 5.73 Å². The van der Waals surface area contributed by atoms with Gasteiger partial charge < -0.3 is 11.1 Å². The normalized spacial score (nSPS) is 9.65. The van der Waals surface area contributed by atoms with Crippen molar-refractivity contribution >= 4 is 17.2 Å². The van der Waals surface area contributed by atoms with Gasteiger partial charge in [0.2, 0.25) is 0 Å². The van der Waals surface area contributed by atoms with Crippen LogP contribution in [-0.2, 0) is 6.42 Å². The highest BCUT2D eigenvalue weighted by Gasteiger charge is 2.06. The van der Waals surface area contributed by atoms with Gasteiger partial charge in [0.1, 0.15) is 0 Å². The number of nitrogens with one attached hydrogen (secondary N) is 1. The van der Waals surface area contributed by atoms with Crippen LogP contribution >= 0.6 is 11.3 Å². The van der Waals surface area contributed by atoms with Crippen LogP contribution in [0, 0.1) is 11.8 Å². The van der Waals surface area contributed by atoms with Crippen molar-refractivity contribution in [3.63, 3.8) is 0 Å². The summed E-state index contributed by atoms with van der Waals surface area (Å²) in [6, 6.07) is 1.70. The molecule has 0 fully saturated rings. The van der Waals surface area contributed by atoms with Crippen LogP contribution in [-0.4, -0.2) is 29.0 Å². The molecule has 6 heteroatoms. The first-order chi connectivity index (χ1) is 9.79. The summed E-state index contributed by atoms with van der Waals surface area (Å²) in [6.07, 6.45) is 3.84. The van der Waals surface area contributed by atoms with Gasteiger partial charge in [0.15, 0.2) is 0 Å². The molecule has 102 valence electrons. The Kier molecular flexibility index (Phi) is 5.24. The van der Waals surface area contributed by atoms with Gasteiger partial charge in [-0.15, -0.1) is 11.3 Å². The second kappa shape index (κ2) is 7.38. The van der Waals surface area contributed by atoms with Crippen LogP contribution in [0.3, 0.4) is 0 Å². The zero-order valence-corrected chi connectivity index (χ0v) is 11.6. The van der Waals surface area contributed by atoms with Gasteiger partial charge in [0, 0.05) is 36.3 Å². The van der Waals surface area contributed by atoms with E-state index in [2.05, 4.69) is 27.1 Å². The average molecular weight is 286 g/mol. The molecule has 0 aliphatic carbocycles. The molecule has 2 aromatic rings. The van der Waals surface area contributed by atoms with Crippen LogP contribution < -0.4 is 11.1 Å². The molecule has 0 unspecified atom stereocenters. The Morgan fingerprint density at radius 2 is 2.35 bits per heavy atom. The summed E-state index contributed by atoms with van der Waals surface area (Å²) in [5.74, 6) is 5.42. The summed E-state index contributed by atoms with van der Waals surface area (Å²) in [5.41, 5.74) is 9.24. The molecule has 0 bridgehead atoms. The molecule has 5 nitrogen and oxygen atoms in total. The fourth-order valence-electron chi connectivity index (χ4n) is 1.55. The van der Waals surface area contributed by atoms with Gasteiger partial charge in [-0.1, -0.05) is 11.8 Å². The molecular formula is C14H14N4OS. The molecule has 2 aromatic heterocycles. The molecule has 0 aromatic carbocycles. The zero-order valence-electron chi connectivity index (χ0n) is 10.8. The molecule has 20 heavy (non-hydrogen) atoms. The number of nitrogens with two attached hydrogens (primary N) is 1. The minimum absolute atomic E-state index is 0.163. The Morgan fingerprint density at radius 1 is 1.45 bits per heavy atom. The highest BCUT2D eigenvalue weighted by molar-refractivity contribution is 7.07. The van der Waals surface area contributed by atoms with Crippen molar-refractivity contribution < 1.29 is 4.79 Å². The second-order valence-electron chi connectivity index (χ2n) is 3.95. The molecule has 0 saturated carbocycles. The largest absolute Gasteiger partial charge is 0.352 e. The summed E-state index contributed by atoms with van der Waals surface area (Å²) in [7, 11) is 0. The van der Waals surface area contributed by atoms with E-state index in [0.717, 1.165) is 12.1 Å². The predicted molar refractivity (Wildman–Crippen MR) is 78.3 cm³/mol. The fraction of sp³-hybridized carbons (Fsp3) is 0.214. The van der Waals surface area contributed by atoms with Crippen LogP contribution in [0.5, 0.6) is 0 Å². The molecule has 1 amide bonds. The summed E-state index contributed by atoms with van der Waals surface area (Å²) >= 11 is 1.55. The lowest BCUT2D eigenvalue weighted by molar-refractivity contribution is 0.0953.